The van der Waals surface area contributed by atoms with Gasteiger partial charge in [0.15, 0.2) is 12.1 Å². The highest BCUT2D eigenvalue weighted by atomic mass is 32.2. The average Bonchev–Trinajstić information content (AvgIpc) is 2.89. The van der Waals surface area contributed by atoms with Crippen LogP contribution >= 0.6 is 0 Å². The molecule has 0 spiro atoms. The van der Waals surface area contributed by atoms with Gasteiger partial charge in [-0.05, 0) is 26.0 Å². The maximum atomic E-state index is 13.2. The number of ether oxygens (including phenoxy) is 2. The molecule has 0 saturated carbocycles. The highest BCUT2D eigenvalue weighted by Gasteiger charge is 2.39. The quantitative estimate of drug-likeness (QED) is 0.332. The molecule has 9 heteroatoms. The first kappa shape index (κ1) is 26.8. The summed E-state index contributed by atoms with van der Waals surface area (Å²) in [6.45, 7) is 3.38. The molecule has 0 saturated heterocycles. The summed E-state index contributed by atoms with van der Waals surface area (Å²) in [7, 11) is -3.07. The van der Waals surface area contributed by atoms with Crippen LogP contribution in [0.1, 0.15) is 23.6 Å². The molecular formula is C27H28N2O6S. The van der Waals surface area contributed by atoms with E-state index in [1.54, 1.807) is 43.3 Å². The second kappa shape index (κ2) is 12.2. The lowest BCUT2D eigenvalue weighted by Gasteiger charge is -2.23. The molecule has 0 radical (unpaired) electrons. The third-order valence-corrected chi connectivity index (χ3v) is 6.73. The molecule has 1 N–H and O–H groups in total. The summed E-state index contributed by atoms with van der Waals surface area (Å²) in [5.74, 6) is -1.85. The summed E-state index contributed by atoms with van der Waals surface area (Å²) in [5, 5.41) is 0. The lowest BCUT2D eigenvalue weighted by atomic mass is 10.0. The zero-order chi connectivity index (χ0) is 26.1. The van der Waals surface area contributed by atoms with Crippen molar-refractivity contribution in [2.24, 2.45) is 4.99 Å². The van der Waals surface area contributed by atoms with Crippen LogP contribution in [-0.2, 0) is 29.1 Å². The molecule has 0 bridgehead atoms. The summed E-state index contributed by atoms with van der Waals surface area (Å²) in [6, 6.07) is 21.0. The number of nitrogens with one attached hydrogen (secondary N) is 1. The van der Waals surface area contributed by atoms with Crippen molar-refractivity contribution in [3.63, 3.8) is 0 Å². The van der Waals surface area contributed by atoms with Crippen LogP contribution in [0, 0.1) is 6.92 Å². The predicted molar refractivity (Wildman–Crippen MR) is 136 cm³/mol. The molecular weight excluding hydrogens is 480 g/mol. The van der Waals surface area contributed by atoms with E-state index in [0.717, 1.165) is 12.7 Å². The second-order valence-corrected chi connectivity index (χ2v) is 9.56. The number of rotatable bonds is 10. The Morgan fingerprint density at radius 2 is 1.39 bits per heavy atom. The van der Waals surface area contributed by atoms with Crippen molar-refractivity contribution < 1.29 is 27.5 Å². The first-order valence-corrected chi connectivity index (χ1v) is 12.8. The van der Waals surface area contributed by atoms with Crippen molar-refractivity contribution in [3.05, 3.63) is 102 Å². The number of aryl methyl sites for hydroxylation is 1. The van der Waals surface area contributed by atoms with Gasteiger partial charge in [-0.25, -0.2) is 13.2 Å². The number of aliphatic imine (C=N–C) groups is 1. The first-order valence-electron chi connectivity index (χ1n) is 11.3. The summed E-state index contributed by atoms with van der Waals surface area (Å²) in [5.41, 5.74) is 2.59. The molecule has 3 rings (SSSR count). The summed E-state index contributed by atoms with van der Waals surface area (Å²) in [4.78, 5) is 30.5. The fourth-order valence-electron chi connectivity index (χ4n) is 3.46. The van der Waals surface area contributed by atoms with E-state index >= 15 is 0 Å². The highest BCUT2D eigenvalue weighted by Crippen LogP contribution is 2.18. The van der Waals surface area contributed by atoms with Gasteiger partial charge in [0.25, 0.3) is 0 Å². The lowest BCUT2D eigenvalue weighted by molar-refractivity contribution is -0.152. The van der Waals surface area contributed by atoms with E-state index in [1.807, 2.05) is 43.3 Å². The van der Waals surface area contributed by atoms with E-state index < -0.39 is 34.0 Å². The second-order valence-electron chi connectivity index (χ2n) is 7.84. The highest BCUT2D eigenvalue weighted by molar-refractivity contribution is 7.89. The standard InChI is InChI=1S/C27H28N2O6S/c1-4-35-27(31)25(29-36(32,33)22-17-15-19(2)16-18-22)24(26(30)34-3)28-23(20-11-7-5-8-12-20)21-13-9-6-10-14-21/h5-18,24-25,29H,4H2,1-3H3/t24-,25-/m0/s1. The summed E-state index contributed by atoms with van der Waals surface area (Å²) in [6.07, 6.45) is 0. The normalized spacial score (nSPS) is 12.8. The Bertz CT molecular complexity index is 1270. The van der Waals surface area contributed by atoms with Crippen LogP contribution in [0.15, 0.2) is 94.8 Å². The smallest absolute Gasteiger partial charge is 0.332 e. The van der Waals surface area contributed by atoms with E-state index in [0.29, 0.717) is 16.8 Å². The van der Waals surface area contributed by atoms with Gasteiger partial charge >= 0.3 is 11.9 Å². The molecule has 0 amide bonds. The van der Waals surface area contributed by atoms with Gasteiger partial charge in [-0.2, -0.15) is 4.72 Å². The molecule has 0 aliphatic rings. The minimum absolute atomic E-state index is 0.0244. The van der Waals surface area contributed by atoms with Crippen molar-refractivity contribution in [3.8, 4) is 0 Å². The van der Waals surface area contributed by atoms with Gasteiger partial charge in [0, 0.05) is 11.1 Å². The molecule has 0 heterocycles. The Kier molecular flexibility index (Phi) is 9.10. The fourth-order valence-corrected chi connectivity index (χ4v) is 4.65. The van der Waals surface area contributed by atoms with Crippen molar-refractivity contribution in [1.82, 2.24) is 4.72 Å². The Balaban J connectivity index is 2.15. The van der Waals surface area contributed by atoms with Crippen LogP contribution in [0.25, 0.3) is 0 Å². The number of methoxy groups -OCH3 is 1. The Labute approximate surface area is 211 Å². The van der Waals surface area contributed by atoms with Crippen LogP contribution in [0.3, 0.4) is 0 Å². The molecule has 0 aliphatic heterocycles. The molecule has 8 nitrogen and oxygen atoms in total. The number of hydrogen-bond acceptors (Lipinski definition) is 7. The predicted octanol–water partition coefficient (Wildman–Crippen LogP) is 3.28. The van der Waals surface area contributed by atoms with E-state index in [-0.39, 0.29) is 11.5 Å². The van der Waals surface area contributed by atoms with E-state index in [4.69, 9.17) is 9.47 Å². The van der Waals surface area contributed by atoms with Gasteiger partial charge in [0.05, 0.1) is 24.3 Å². The van der Waals surface area contributed by atoms with E-state index in [2.05, 4.69) is 9.71 Å². The topological polar surface area (TPSA) is 111 Å². The molecule has 188 valence electrons. The van der Waals surface area contributed by atoms with Crippen molar-refractivity contribution in [2.45, 2.75) is 30.8 Å². The number of carbonyl (C=O) groups excluding carboxylic acids is 2. The van der Waals surface area contributed by atoms with Crippen molar-refractivity contribution in [1.29, 1.82) is 0 Å². The van der Waals surface area contributed by atoms with Crippen molar-refractivity contribution in [2.75, 3.05) is 13.7 Å². The van der Waals surface area contributed by atoms with Crippen molar-refractivity contribution >= 4 is 27.7 Å². The van der Waals surface area contributed by atoms with Gasteiger partial charge in [0.2, 0.25) is 10.0 Å². The maximum Gasteiger partial charge on any atom is 0.332 e. The number of esters is 2. The third kappa shape index (κ3) is 6.65. The van der Waals surface area contributed by atoms with E-state index in [9.17, 15) is 18.0 Å². The number of nitrogens with zero attached hydrogens (tertiary/aromatic N) is 1. The number of hydrogen-bond donors (Lipinski definition) is 1. The molecule has 36 heavy (non-hydrogen) atoms. The van der Waals surface area contributed by atoms with Crippen LogP contribution in [0.4, 0.5) is 0 Å². The summed E-state index contributed by atoms with van der Waals surface area (Å²) >= 11 is 0. The average molecular weight is 509 g/mol. The SMILES string of the molecule is CCOC(=O)[C@@H](NS(=O)(=O)c1ccc(C)cc1)[C@H](N=C(c1ccccc1)c1ccccc1)C(=O)OC. The zero-order valence-electron chi connectivity index (χ0n) is 20.2. The van der Waals surface area contributed by atoms with Crippen LogP contribution in [-0.4, -0.2) is 51.9 Å². The maximum absolute atomic E-state index is 13.2. The van der Waals surface area contributed by atoms with Crippen LogP contribution in [0.2, 0.25) is 0 Å². The lowest BCUT2D eigenvalue weighted by Crippen LogP contribution is -2.52. The number of carbonyl (C=O) groups is 2. The van der Waals surface area contributed by atoms with Gasteiger partial charge in [-0.1, -0.05) is 78.4 Å². The van der Waals surface area contributed by atoms with Gasteiger partial charge in [0.1, 0.15) is 0 Å². The van der Waals surface area contributed by atoms with Crippen LogP contribution in [0.5, 0.6) is 0 Å². The fraction of sp³-hybridized carbons (Fsp3) is 0.222. The van der Waals surface area contributed by atoms with Gasteiger partial charge < -0.3 is 9.47 Å². The van der Waals surface area contributed by atoms with E-state index in [1.165, 1.54) is 12.1 Å². The molecule has 3 aromatic rings. The molecule has 3 aromatic carbocycles. The Morgan fingerprint density at radius 3 is 1.86 bits per heavy atom. The summed E-state index contributed by atoms with van der Waals surface area (Å²) < 4.78 is 38.8. The number of sulfonamides is 1. The molecule has 0 aliphatic carbocycles. The minimum Gasteiger partial charge on any atom is -0.467 e. The van der Waals surface area contributed by atoms with Crippen LogP contribution < -0.4 is 4.72 Å². The zero-order valence-corrected chi connectivity index (χ0v) is 21.1. The van der Waals surface area contributed by atoms with Gasteiger partial charge in [-0.3, -0.25) is 9.79 Å². The number of benzene rings is 3. The molecule has 2 atom stereocenters. The Hall–Kier alpha value is -3.82. The molecule has 0 aromatic heterocycles. The monoisotopic (exact) mass is 508 g/mol. The minimum atomic E-state index is -4.22. The largest absolute Gasteiger partial charge is 0.467 e. The molecule has 0 unspecified atom stereocenters. The van der Waals surface area contributed by atoms with Gasteiger partial charge in [-0.15, -0.1) is 0 Å². The molecule has 0 fully saturated rings. The third-order valence-electron chi connectivity index (χ3n) is 5.27. The first-order chi connectivity index (χ1) is 17.3. The Morgan fingerprint density at radius 1 is 0.861 bits per heavy atom.